The Balaban J connectivity index is 2.36. The van der Waals surface area contributed by atoms with Gasteiger partial charge in [-0.2, -0.15) is 5.10 Å². The summed E-state index contributed by atoms with van der Waals surface area (Å²) in [6.45, 7) is 2.80. The molecule has 90 valence electrons. The third-order valence-corrected chi connectivity index (χ3v) is 2.66. The number of nitrogens with zero attached hydrogens (tertiary/aromatic N) is 3. The van der Waals surface area contributed by atoms with E-state index >= 15 is 0 Å². The average molecular weight is 234 g/mol. The molecule has 0 bridgehead atoms. The van der Waals surface area contributed by atoms with Crippen LogP contribution in [-0.4, -0.2) is 21.8 Å². The predicted molar refractivity (Wildman–Crippen MR) is 63.0 cm³/mol. The van der Waals surface area contributed by atoms with Crippen molar-refractivity contribution < 1.29 is 4.39 Å². The topological polar surface area (TPSA) is 42.7 Å². The molecule has 1 N–H and O–H groups in total. The lowest BCUT2D eigenvalue weighted by atomic mass is 10.1. The first-order chi connectivity index (χ1) is 8.26. The highest BCUT2D eigenvalue weighted by molar-refractivity contribution is 5.24. The molecule has 0 saturated heterocycles. The molecule has 2 aromatic heterocycles. The van der Waals surface area contributed by atoms with E-state index < -0.39 is 0 Å². The van der Waals surface area contributed by atoms with E-state index in [-0.39, 0.29) is 11.9 Å². The van der Waals surface area contributed by atoms with E-state index in [0.29, 0.717) is 5.69 Å². The number of rotatable bonds is 4. The maximum atomic E-state index is 13.7. The van der Waals surface area contributed by atoms with Gasteiger partial charge in [0, 0.05) is 24.5 Å². The van der Waals surface area contributed by atoms with E-state index in [2.05, 4.69) is 15.4 Å². The molecule has 0 fully saturated rings. The third-order valence-electron chi connectivity index (χ3n) is 2.66. The molecule has 17 heavy (non-hydrogen) atoms. The minimum Gasteiger partial charge on any atom is -0.308 e. The number of nitrogens with one attached hydrogen (secondary N) is 1. The minimum atomic E-state index is -0.309. The number of halogens is 1. The maximum Gasteiger partial charge on any atom is 0.146 e. The molecule has 0 amide bonds. The summed E-state index contributed by atoms with van der Waals surface area (Å²) in [5, 5.41) is 7.24. The van der Waals surface area contributed by atoms with Crippen molar-refractivity contribution in [3.8, 4) is 0 Å². The number of hydrogen-bond donors (Lipinski definition) is 1. The van der Waals surface area contributed by atoms with Crippen LogP contribution in [0.2, 0.25) is 0 Å². The molecule has 4 nitrogen and oxygen atoms in total. The van der Waals surface area contributed by atoms with Crippen molar-refractivity contribution in [3.05, 3.63) is 47.8 Å². The van der Waals surface area contributed by atoms with Crippen molar-refractivity contribution in [1.29, 1.82) is 0 Å². The quantitative estimate of drug-likeness (QED) is 0.876. The van der Waals surface area contributed by atoms with E-state index in [0.717, 1.165) is 12.1 Å². The minimum absolute atomic E-state index is 0.267. The van der Waals surface area contributed by atoms with Gasteiger partial charge in [0.15, 0.2) is 0 Å². The molecule has 0 aliphatic heterocycles. The summed E-state index contributed by atoms with van der Waals surface area (Å²) in [6.07, 6.45) is 5.22. The van der Waals surface area contributed by atoms with Gasteiger partial charge in [0.25, 0.3) is 0 Å². The van der Waals surface area contributed by atoms with E-state index in [4.69, 9.17) is 0 Å². The van der Waals surface area contributed by atoms with Gasteiger partial charge in [-0.05, 0) is 26.1 Å². The van der Waals surface area contributed by atoms with E-state index in [1.807, 2.05) is 13.1 Å². The highest BCUT2D eigenvalue weighted by Gasteiger charge is 2.18. The second-order valence-corrected chi connectivity index (χ2v) is 3.72. The van der Waals surface area contributed by atoms with Gasteiger partial charge in [-0.25, -0.2) is 4.39 Å². The lowest BCUT2D eigenvalue weighted by Crippen LogP contribution is -2.19. The van der Waals surface area contributed by atoms with Crippen LogP contribution in [-0.2, 0) is 6.54 Å². The van der Waals surface area contributed by atoms with Gasteiger partial charge < -0.3 is 5.32 Å². The molecule has 0 aromatic carbocycles. The SMILES string of the molecule is CCn1cc(C(NC)c2ncccc2F)cn1. The normalized spacial score (nSPS) is 12.6. The first-order valence-corrected chi connectivity index (χ1v) is 5.56. The van der Waals surface area contributed by atoms with Crippen molar-refractivity contribution in [2.45, 2.75) is 19.5 Å². The summed E-state index contributed by atoms with van der Waals surface area (Å²) >= 11 is 0. The lowest BCUT2D eigenvalue weighted by molar-refractivity contribution is 0.559. The second kappa shape index (κ2) is 5.05. The van der Waals surface area contributed by atoms with Gasteiger partial charge in [-0.3, -0.25) is 9.67 Å². The molecule has 0 spiro atoms. The van der Waals surface area contributed by atoms with Crippen molar-refractivity contribution in [1.82, 2.24) is 20.1 Å². The molecular formula is C12H15FN4. The first-order valence-electron chi connectivity index (χ1n) is 5.56. The fourth-order valence-electron chi connectivity index (χ4n) is 1.77. The van der Waals surface area contributed by atoms with Crippen LogP contribution < -0.4 is 5.32 Å². The Hall–Kier alpha value is -1.75. The maximum absolute atomic E-state index is 13.7. The van der Waals surface area contributed by atoms with Crippen molar-refractivity contribution >= 4 is 0 Å². The van der Waals surface area contributed by atoms with Gasteiger partial charge in [0.05, 0.1) is 17.9 Å². The van der Waals surface area contributed by atoms with Crippen LogP contribution in [0.15, 0.2) is 30.7 Å². The van der Waals surface area contributed by atoms with Crippen LogP contribution >= 0.6 is 0 Å². The van der Waals surface area contributed by atoms with E-state index in [1.165, 1.54) is 6.07 Å². The zero-order valence-corrected chi connectivity index (χ0v) is 9.89. The van der Waals surface area contributed by atoms with E-state index in [9.17, 15) is 4.39 Å². The molecule has 0 aliphatic rings. The average Bonchev–Trinajstić information content (AvgIpc) is 2.81. The highest BCUT2D eigenvalue weighted by atomic mass is 19.1. The van der Waals surface area contributed by atoms with Crippen LogP contribution in [0, 0.1) is 5.82 Å². The molecule has 2 heterocycles. The Morgan fingerprint density at radius 1 is 1.53 bits per heavy atom. The second-order valence-electron chi connectivity index (χ2n) is 3.72. The largest absolute Gasteiger partial charge is 0.308 e. The molecule has 0 radical (unpaired) electrons. The molecule has 2 rings (SSSR count). The zero-order chi connectivity index (χ0) is 12.3. The Kier molecular flexibility index (Phi) is 3.49. The molecule has 5 heteroatoms. The summed E-state index contributed by atoms with van der Waals surface area (Å²) < 4.78 is 15.5. The molecule has 1 atom stereocenters. The summed E-state index contributed by atoms with van der Waals surface area (Å²) in [7, 11) is 1.78. The summed E-state index contributed by atoms with van der Waals surface area (Å²) in [4.78, 5) is 4.09. The lowest BCUT2D eigenvalue weighted by Gasteiger charge is -2.14. The van der Waals surface area contributed by atoms with Gasteiger partial charge in [0.2, 0.25) is 0 Å². The summed E-state index contributed by atoms with van der Waals surface area (Å²) in [5.74, 6) is -0.309. The van der Waals surface area contributed by atoms with Gasteiger partial charge >= 0.3 is 0 Å². The molecule has 0 saturated carbocycles. The number of pyridine rings is 1. The van der Waals surface area contributed by atoms with Crippen LogP contribution in [0.25, 0.3) is 0 Å². The van der Waals surface area contributed by atoms with Crippen LogP contribution in [0.3, 0.4) is 0 Å². The fourth-order valence-corrected chi connectivity index (χ4v) is 1.77. The van der Waals surface area contributed by atoms with Crippen LogP contribution in [0.1, 0.15) is 24.2 Å². The Morgan fingerprint density at radius 2 is 2.35 bits per heavy atom. The predicted octanol–water partition coefficient (Wildman–Crippen LogP) is 1.75. The van der Waals surface area contributed by atoms with Crippen molar-refractivity contribution in [2.24, 2.45) is 0 Å². The first kappa shape index (κ1) is 11.7. The molecular weight excluding hydrogens is 219 g/mol. The number of aromatic nitrogens is 3. The Labute approximate surface area is 99.5 Å². The summed E-state index contributed by atoms with van der Waals surface area (Å²) in [6, 6.07) is 2.73. The van der Waals surface area contributed by atoms with Crippen LogP contribution in [0.4, 0.5) is 4.39 Å². The molecule has 0 aliphatic carbocycles. The monoisotopic (exact) mass is 234 g/mol. The molecule has 1 unspecified atom stereocenters. The smallest absolute Gasteiger partial charge is 0.146 e. The standard InChI is InChI=1S/C12H15FN4/c1-3-17-8-9(7-16-17)11(14-2)12-10(13)5-4-6-15-12/h4-8,11,14H,3H2,1-2H3. The van der Waals surface area contributed by atoms with Crippen molar-refractivity contribution in [2.75, 3.05) is 7.05 Å². The highest BCUT2D eigenvalue weighted by Crippen LogP contribution is 2.21. The Bertz CT molecular complexity index is 495. The van der Waals surface area contributed by atoms with Crippen LogP contribution in [0.5, 0.6) is 0 Å². The number of hydrogen-bond acceptors (Lipinski definition) is 3. The zero-order valence-electron chi connectivity index (χ0n) is 9.89. The van der Waals surface area contributed by atoms with E-state index in [1.54, 1.807) is 30.2 Å². The number of aryl methyl sites for hydroxylation is 1. The third kappa shape index (κ3) is 2.34. The summed E-state index contributed by atoms with van der Waals surface area (Å²) in [5.41, 5.74) is 1.30. The van der Waals surface area contributed by atoms with Crippen molar-refractivity contribution in [3.63, 3.8) is 0 Å². The van der Waals surface area contributed by atoms with Gasteiger partial charge in [-0.15, -0.1) is 0 Å². The van der Waals surface area contributed by atoms with Gasteiger partial charge in [-0.1, -0.05) is 0 Å². The van der Waals surface area contributed by atoms with Gasteiger partial charge in [0.1, 0.15) is 5.82 Å². The fraction of sp³-hybridized carbons (Fsp3) is 0.333. The Morgan fingerprint density at radius 3 is 2.94 bits per heavy atom. The molecule has 2 aromatic rings.